The highest BCUT2D eigenvalue weighted by Crippen LogP contribution is 2.32. The first kappa shape index (κ1) is 15.9. The smallest absolute Gasteiger partial charge is 0.144 e. The van der Waals surface area contributed by atoms with Gasteiger partial charge in [0.15, 0.2) is 0 Å². The molecule has 0 atom stereocenters. The van der Waals surface area contributed by atoms with Gasteiger partial charge in [-0.1, -0.05) is 13.8 Å². The van der Waals surface area contributed by atoms with Gasteiger partial charge in [0.25, 0.3) is 0 Å². The molecule has 1 N–H and O–H groups in total. The summed E-state index contributed by atoms with van der Waals surface area (Å²) < 4.78 is 33.0. The maximum Gasteiger partial charge on any atom is 0.144 e. The second kappa shape index (κ2) is 7.00. The predicted octanol–water partition coefficient (Wildman–Crippen LogP) is 5.02. The Hall–Kier alpha value is -1.46. The largest absolute Gasteiger partial charge is 0.456 e. The third kappa shape index (κ3) is 4.51. The van der Waals surface area contributed by atoms with Crippen LogP contribution < -0.4 is 10.1 Å². The molecule has 0 saturated heterocycles. The molecule has 2 aromatic rings. The molecule has 112 valence electrons. The van der Waals surface area contributed by atoms with Gasteiger partial charge in [-0.15, -0.1) is 0 Å². The first-order valence-electron chi connectivity index (χ1n) is 6.60. The molecule has 5 heteroatoms. The number of nitrogens with one attached hydrogen (secondary N) is 1. The normalized spacial score (nSPS) is 11.0. The van der Waals surface area contributed by atoms with Crippen molar-refractivity contribution in [3.63, 3.8) is 0 Å². The van der Waals surface area contributed by atoms with Crippen LogP contribution in [-0.4, -0.2) is 6.04 Å². The minimum Gasteiger partial charge on any atom is -0.456 e. The summed E-state index contributed by atoms with van der Waals surface area (Å²) in [5, 5.41) is 3.21. The molecule has 0 aromatic heterocycles. The lowest BCUT2D eigenvalue weighted by atomic mass is 10.2. The molecule has 21 heavy (non-hydrogen) atoms. The molecule has 0 heterocycles. The van der Waals surface area contributed by atoms with Crippen molar-refractivity contribution in [3.05, 3.63) is 58.1 Å². The van der Waals surface area contributed by atoms with Gasteiger partial charge in [0.05, 0.1) is 4.47 Å². The minimum absolute atomic E-state index is 0.266. The summed E-state index contributed by atoms with van der Waals surface area (Å²) in [7, 11) is 0. The molecule has 0 spiro atoms. The van der Waals surface area contributed by atoms with Gasteiger partial charge in [-0.05, 0) is 46.3 Å². The number of ether oxygens (including phenoxy) is 1. The molecular weight excluding hydrogens is 340 g/mol. The zero-order chi connectivity index (χ0) is 15.4. The predicted molar refractivity (Wildman–Crippen MR) is 82.5 cm³/mol. The molecule has 0 unspecified atom stereocenters. The topological polar surface area (TPSA) is 21.3 Å². The quantitative estimate of drug-likeness (QED) is 0.813. The number of halogens is 3. The van der Waals surface area contributed by atoms with Crippen LogP contribution in [-0.2, 0) is 6.54 Å². The van der Waals surface area contributed by atoms with E-state index in [-0.39, 0.29) is 11.9 Å². The first-order valence-corrected chi connectivity index (χ1v) is 7.39. The van der Waals surface area contributed by atoms with Crippen molar-refractivity contribution in [1.29, 1.82) is 0 Å². The van der Waals surface area contributed by atoms with Crippen molar-refractivity contribution in [1.82, 2.24) is 5.32 Å². The van der Waals surface area contributed by atoms with Gasteiger partial charge in [0.2, 0.25) is 0 Å². The third-order valence-electron chi connectivity index (χ3n) is 2.84. The van der Waals surface area contributed by atoms with Crippen LogP contribution in [0, 0.1) is 11.6 Å². The van der Waals surface area contributed by atoms with E-state index in [1.165, 1.54) is 24.3 Å². The Morgan fingerprint density at radius 1 is 1.05 bits per heavy atom. The molecule has 2 aromatic carbocycles. The first-order chi connectivity index (χ1) is 9.95. The second-order valence-electron chi connectivity index (χ2n) is 4.96. The number of rotatable bonds is 5. The lowest BCUT2D eigenvalue weighted by Gasteiger charge is -2.14. The van der Waals surface area contributed by atoms with E-state index in [1.54, 1.807) is 12.1 Å². The zero-order valence-corrected chi connectivity index (χ0v) is 13.4. The summed E-state index contributed by atoms with van der Waals surface area (Å²) in [5.74, 6) is 0.127. The fourth-order valence-electron chi connectivity index (χ4n) is 1.77. The molecule has 0 aliphatic heterocycles. The Morgan fingerprint density at radius 2 is 1.71 bits per heavy atom. The van der Waals surface area contributed by atoms with E-state index in [0.717, 1.165) is 0 Å². The van der Waals surface area contributed by atoms with Gasteiger partial charge < -0.3 is 10.1 Å². The highest BCUT2D eigenvalue weighted by atomic mass is 79.9. The van der Waals surface area contributed by atoms with Crippen molar-refractivity contribution >= 4 is 15.9 Å². The molecule has 2 rings (SSSR count). The Labute approximate surface area is 131 Å². The minimum atomic E-state index is -0.392. The highest BCUT2D eigenvalue weighted by molar-refractivity contribution is 9.10. The average Bonchev–Trinajstić information content (AvgIpc) is 2.43. The van der Waals surface area contributed by atoms with Crippen molar-refractivity contribution in [2.24, 2.45) is 0 Å². The summed E-state index contributed by atoms with van der Waals surface area (Å²) in [4.78, 5) is 0. The molecule has 0 aliphatic carbocycles. The molecule has 0 amide bonds. The number of benzene rings is 2. The summed E-state index contributed by atoms with van der Waals surface area (Å²) in [6.45, 7) is 4.48. The lowest BCUT2D eigenvalue weighted by Crippen LogP contribution is -2.22. The van der Waals surface area contributed by atoms with Crippen LogP contribution in [0.4, 0.5) is 8.78 Å². The summed E-state index contributed by atoms with van der Waals surface area (Å²) >= 11 is 3.31. The molecule has 2 nitrogen and oxygen atoms in total. The van der Waals surface area contributed by atoms with Gasteiger partial charge in [-0.25, -0.2) is 8.78 Å². The molecule has 0 fully saturated rings. The fraction of sp³-hybridized carbons (Fsp3) is 0.250. The van der Waals surface area contributed by atoms with Crippen molar-refractivity contribution < 1.29 is 13.5 Å². The average molecular weight is 356 g/mol. The maximum absolute atomic E-state index is 13.4. The zero-order valence-electron chi connectivity index (χ0n) is 11.8. The second-order valence-corrected chi connectivity index (χ2v) is 5.82. The Balaban J connectivity index is 2.28. The van der Waals surface area contributed by atoms with Crippen LogP contribution in [0.3, 0.4) is 0 Å². The monoisotopic (exact) mass is 355 g/mol. The number of hydrogen-bond acceptors (Lipinski definition) is 2. The fourth-order valence-corrected chi connectivity index (χ4v) is 2.10. The Morgan fingerprint density at radius 3 is 2.43 bits per heavy atom. The highest BCUT2D eigenvalue weighted by Gasteiger charge is 2.10. The van der Waals surface area contributed by atoms with Crippen LogP contribution in [0.1, 0.15) is 19.4 Å². The van der Waals surface area contributed by atoms with Crippen molar-refractivity contribution in [2.45, 2.75) is 26.4 Å². The Bertz CT molecular complexity index is 632. The molecule has 0 aliphatic rings. The molecule has 0 saturated carbocycles. The van der Waals surface area contributed by atoms with Gasteiger partial charge >= 0.3 is 0 Å². The van der Waals surface area contributed by atoms with E-state index in [0.29, 0.717) is 28.1 Å². The van der Waals surface area contributed by atoms with Crippen molar-refractivity contribution in [2.75, 3.05) is 0 Å². The standard InChI is InChI=1S/C16H16BrF2NO/c1-10(2)20-9-11-7-12(18)4-6-15(11)21-16-8-13(19)3-5-14(16)17/h3-8,10,20H,9H2,1-2H3. The van der Waals surface area contributed by atoms with Crippen LogP contribution in [0.15, 0.2) is 40.9 Å². The lowest BCUT2D eigenvalue weighted by molar-refractivity contribution is 0.459. The van der Waals surface area contributed by atoms with Gasteiger partial charge in [-0.2, -0.15) is 0 Å². The molecule has 0 bridgehead atoms. The number of hydrogen-bond donors (Lipinski definition) is 1. The third-order valence-corrected chi connectivity index (χ3v) is 3.49. The van der Waals surface area contributed by atoms with Crippen molar-refractivity contribution in [3.8, 4) is 11.5 Å². The maximum atomic E-state index is 13.4. The van der Waals surface area contributed by atoms with E-state index in [9.17, 15) is 8.78 Å². The van der Waals surface area contributed by atoms with Crippen LogP contribution >= 0.6 is 15.9 Å². The summed E-state index contributed by atoms with van der Waals surface area (Å²) in [5.41, 5.74) is 0.680. The van der Waals surface area contributed by atoms with Gasteiger partial charge in [0, 0.05) is 24.2 Å². The van der Waals surface area contributed by atoms with E-state index in [4.69, 9.17) is 4.74 Å². The van der Waals surface area contributed by atoms with Crippen LogP contribution in [0.25, 0.3) is 0 Å². The van der Waals surface area contributed by atoms with Gasteiger partial charge in [0.1, 0.15) is 23.1 Å². The van der Waals surface area contributed by atoms with E-state index in [2.05, 4.69) is 21.2 Å². The molecular formula is C16H16BrF2NO. The van der Waals surface area contributed by atoms with E-state index >= 15 is 0 Å². The Kier molecular flexibility index (Phi) is 5.31. The van der Waals surface area contributed by atoms with Crippen LogP contribution in [0.5, 0.6) is 11.5 Å². The van der Waals surface area contributed by atoms with E-state index in [1.807, 2.05) is 13.8 Å². The van der Waals surface area contributed by atoms with Crippen LogP contribution in [0.2, 0.25) is 0 Å². The summed E-state index contributed by atoms with van der Waals surface area (Å²) in [6, 6.07) is 8.74. The van der Waals surface area contributed by atoms with E-state index < -0.39 is 5.82 Å². The van der Waals surface area contributed by atoms with Gasteiger partial charge in [-0.3, -0.25) is 0 Å². The molecule has 0 radical (unpaired) electrons. The summed E-state index contributed by atoms with van der Waals surface area (Å²) in [6.07, 6.45) is 0. The SMILES string of the molecule is CC(C)NCc1cc(F)ccc1Oc1cc(F)ccc1Br.